The molecule has 3 nitrogen and oxygen atoms in total. The summed E-state index contributed by atoms with van der Waals surface area (Å²) in [5.74, 6) is 0. The second-order valence-corrected chi connectivity index (χ2v) is 4.33. The topological polar surface area (TPSA) is 43.1 Å². The Kier molecular flexibility index (Phi) is 3.05. The molecule has 0 amide bonds. The largest absolute Gasteiger partial charge is 0.284 e. The van der Waals surface area contributed by atoms with Crippen molar-refractivity contribution in [3.05, 3.63) is 35.9 Å². The van der Waals surface area contributed by atoms with Crippen LogP contribution in [0.2, 0.25) is 0 Å². The summed E-state index contributed by atoms with van der Waals surface area (Å²) in [6.07, 6.45) is 0. The zero-order valence-corrected chi connectivity index (χ0v) is 9.92. The molecule has 0 aromatic heterocycles. The summed E-state index contributed by atoms with van der Waals surface area (Å²) in [5.41, 5.74) is 1.15. The van der Waals surface area contributed by atoms with Crippen molar-refractivity contribution in [3.63, 3.8) is 0 Å². The van der Waals surface area contributed by atoms with Crippen LogP contribution in [0.15, 0.2) is 16.6 Å². The lowest BCUT2D eigenvalue weighted by Crippen LogP contribution is -1.91. The van der Waals surface area contributed by atoms with Crippen molar-refractivity contribution in [3.8, 4) is 0 Å². The van der Waals surface area contributed by atoms with Crippen molar-refractivity contribution in [1.82, 2.24) is 0 Å². The van der Waals surface area contributed by atoms with Crippen LogP contribution in [0.4, 0.5) is 5.69 Å². The Hall–Kier alpha value is -0.170. The molecule has 0 spiro atoms. The van der Waals surface area contributed by atoms with Gasteiger partial charge in [0.25, 0.3) is 5.69 Å². The maximum absolute atomic E-state index is 10.5. The first-order chi connectivity index (χ1) is 5.52. The summed E-state index contributed by atoms with van der Waals surface area (Å²) >= 11 is 5.21. The van der Waals surface area contributed by atoms with Crippen molar-refractivity contribution < 1.29 is 4.92 Å². The lowest BCUT2D eigenvalue weighted by Gasteiger charge is -1.99. The van der Waals surface area contributed by atoms with Crippen LogP contribution in [-0.2, 0) is 0 Å². The molecule has 0 N–H and O–H groups in total. The van der Waals surface area contributed by atoms with Gasteiger partial charge in [0.2, 0.25) is 0 Å². The fourth-order valence-corrected chi connectivity index (χ4v) is 1.83. The first-order valence-electron chi connectivity index (χ1n) is 3.12. The third-order valence-electron chi connectivity index (χ3n) is 1.42. The predicted octanol–water partition coefficient (Wildman–Crippen LogP) is 3.27. The van der Waals surface area contributed by atoms with E-state index in [1.807, 2.05) is 6.92 Å². The first kappa shape index (κ1) is 9.91. The van der Waals surface area contributed by atoms with Crippen LogP contribution in [0.5, 0.6) is 0 Å². The van der Waals surface area contributed by atoms with E-state index in [9.17, 15) is 10.1 Å². The van der Waals surface area contributed by atoms with Gasteiger partial charge in [0.15, 0.2) is 0 Å². The molecule has 12 heavy (non-hydrogen) atoms. The van der Waals surface area contributed by atoms with Crippen LogP contribution in [0.3, 0.4) is 0 Å². The predicted molar refractivity (Wildman–Crippen MR) is 58.3 cm³/mol. The lowest BCUT2D eigenvalue weighted by atomic mass is 10.2. The second kappa shape index (κ2) is 3.69. The van der Waals surface area contributed by atoms with Gasteiger partial charge >= 0.3 is 0 Å². The highest BCUT2D eigenvalue weighted by Crippen LogP contribution is 2.28. The molecule has 1 aromatic carbocycles. The SMILES string of the molecule is Cc1cc(Br)c([N+](=O)[O-])cc1I. The fourth-order valence-electron chi connectivity index (χ4n) is 0.776. The Labute approximate surface area is 91.6 Å². The van der Waals surface area contributed by atoms with Gasteiger partial charge in [0, 0.05) is 9.64 Å². The fraction of sp³-hybridized carbons (Fsp3) is 0.143. The standard InChI is InChI=1S/C7H5BrINO2/c1-4-2-5(8)7(10(11)12)3-6(4)9/h2-3H,1H3. The first-order valence-corrected chi connectivity index (χ1v) is 4.99. The van der Waals surface area contributed by atoms with Crippen LogP contribution >= 0.6 is 38.5 Å². The number of benzene rings is 1. The second-order valence-electron chi connectivity index (χ2n) is 2.31. The Morgan fingerprint density at radius 1 is 1.58 bits per heavy atom. The Balaban J connectivity index is 3.33. The molecular formula is C7H5BrINO2. The molecule has 0 aliphatic carbocycles. The molecule has 5 heteroatoms. The third-order valence-corrected chi connectivity index (χ3v) is 3.22. The van der Waals surface area contributed by atoms with E-state index < -0.39 is 4.92 Å². The summed E-state index contributed by atoms with van der Waals surface area (Å²) in [6, 6.07) is 3.31. The molecule has 0 unspecified atom stereocenters. The summed E-state index contributed by atoms with van der Waals surface area (Å²) in [5, 5.41) is 10.5. The lowest BCUT2D eigenvalue weighted by molar-refractivity contribution is -0.385. The molecular weight excluding hydrogens is 337 g/mol. The number of rotatable bonds is 1. The Morgan fingerprint density at radius 2 is 2.17 bits per heavy atom. The number of hydrogen-bond donors (Lipinski definition) is 0. The average molecular weight is 342 g/mol. The zero-order valence-electron chi connectivity index (χ0n) is 6.17. The van der Waals surface area contributed by atoms with E-state index in [1.165, 1.54) is 0 Å². The monoisotopic (exact) mass is 341 g/mol. The van der Waals surface area contributed by atoms with E-state index in [4.69, 9.17) is 0 Å². The van der Waals surface area contributed by atoms with Crippen LogP contribution in [0.25, 0.3) is 0 Å². The third kappa shape index (κ3) is 1.95. The molecule has 0 heterocycles. The molecule has 0 saturated heterocycles. The van der Waals surface area contributed by atoms with Crippen molar-refractivity contribution >= 4 is 44.2 Å². The zero-order chi connectivity index (χ0) is 9.30. The van der Waals surface area contributed by atoms with Crippen molar-refractivity contribution in [2.24, 2.45) is 0 Å². The molecule has 64 valence electrons. The van der Waals surface area contributed by atoms with Gasteiger partial charge in [-0.15, -0.1) is 0 Å². The minimum absolute atomic E-state index is 0.116. The highest BCUT2D eigenvalue weighted by molar-refractivity contribution is 14.1. The van der Waals surface area contributed by atoms with E-state index in [-0.39, 0.29) is 5.69 Å². The van der Waals surface area contributed by atoms with Crippen molar-refractivity contribution in [2.75, 3.05) is 0 Å². The molecule has 1 rings (SSSR count). The Morgan fingerprint density at radius 3 is 2.67 bits per heavy atom. The highest BCUT2D eigenvalue weighted by Gasteiger charge is 2.12. The number of nitrogens with zero attached hydrogens (tertiary/aromatic N) is 1. The van der Waals surface area contributed by atoms with Gasteiger partial charge in [0.1, 0.15) is 0 Å². The smallest absolute Gasteiger partial charge is 0.258 e. The number of aryl methyl sites for hydroxylation is 1. The molecule has 0 aliphatic heterocycles. The van der Waals surface area contributed by atoms with Crippen LogP contribution < -0.4 is 0 Å². The minimum atomic E-state index is -0.397. The molecule has 0 fully saturated rings. The molecule has 0 aliphatic rings. The summed E-state index contributed by atoms with van der Waals surface area (Å²) in [4.78, 5) is 10.1. The molecule has 0 radical (unpaired) electrons. The van der Waals surface area contributed by atoms with Crippen molar-refractivity contribution in [2.45, 2.75) is 6.92 Å². The van der Waals surface area contributed by atoms with Gasteiger partial charge < -0.3 is 0 Å². The summed E-state index contributed by atoms with van der Waals surface area (Å²) in [7, 11) is 0. The van der Waals surface area contributed by atoms with E-state index in [2.05, 4.69) is 38.5 Å². The minimum Gasteiger partial charge on any atom is -0.258 e. The van der Waals surface area contributed by atoms with Gasteiger partial charge in [-0.05, 0) is 57.1 Å². The summed E-state index contributed by atoms with van der Waals surface area (Å²) in [6.45, 7) is 1.91. The van der Waals surface area contributed by atoms with E-state index in [0.717, 1.165) is 9.13 Å². The van der Waals surface area contributed by atoms with E-state index >= 15 is 0 Å². The maximum Gasteiger partial charge on any atom is 0.284 e. The maximum atomic E-state index is 10.5. The van der Waals surface area contributed by atoms with Crippen molar-refractivity contribution in [1.29, 1.82) is 0 Å². The highest BCUT2D eigenvalue weighted by atomic mass is 127. The number of nitro benzene ring substituents is 1. The Bertz CT molecular complexity index is 340. The average Bonchev–Trinajstić information content (AvgIpc) is 1.96. The quantitative estimate of drug-likeness (QED) is 0.447. The normalized spacial score (nSPS) is 9.92. The van der Waals surface area contributed by atoms with Gasteiger partial charge in [-0.2, -0.15) is 0 Å². The van der Waals surface area contributed by atoms with Gasteiger partial charge in [-0.1, -0.05) is 0 Å². The molecule has 1 aromatic rings. The van der Waals surface area contributed by atoms with Gasteiger partial charge in [-0.25, -0.2) is 0 Å². The van der Waals surface area contributed by atoms with Crippen LogP contribution in [0, 0.1) is 20.6 Å². The number of hydrogen-bond acceptors (Lipinski definition) is 2. The van der Waals surface area contributed by atoms with Gasteiger partial charge in [0.05, 0.1) is 9.40 Å². The van der Waals surface area contributed by atoms with Crippen LogP contribution in [-0.4, -0.2) is 4.92 Å². The van der Waals surface area contributed by atoms with E-state index in [0.29, 0.717) is 4.47 Å². The number of halogens is 2. The molecule has 0 atom stereocenters. The number of nitro groups is 1. The van der Waals surface area contributed by atoms with E-state index in [1.54, 1.807) is 12.1 Å². The summed E-state index contributed by atoms with van der Waals surface area (Å²) < 4.78 is 1.44. The molecule has 0 bridgehead atoms. The van der Waals surface area contributed by atoms with Crippen LogP contribution in [0.1, 0.15) is 5.56 Å². The molecule has 0 saturated carbocycles. The van der Waals surface area contributed by atoms with Gasteiger partial charge in [-0.3, -0.25) is 10.1 Å².